The molecule has 3 rings (SSSR count). The van der Waals surface area contributed by atoms with Crippen molar-refractivity contribution in [3.05, 3.63) is 66.7 Å². The highest BCUT2D eigenvalue weighted by atomic mass is 16.5. The standard InChI is InChI=1S/C20H19NO3/c1-23-17-10-8-16(9-11-17)19-13-12-18(15-6-4-3-5-7-15)21(19)14-20(22)24-2/h3-13H,14H2,1-2H3. The van der Waals surface area contributed by atoms with Crippen molar-refractivity contribution in [1.82, 2.24) is 4.57 Å². The number of rotatable bonds is 5. The molecule has 4 heteroatoms. The number of hydrogen-bond donors (Lipinski definition) is 0. The van der Waals surface area contributed by atoms with Gasteiger partial charge in [-0.3, -0.25) is 4.79 Å². The van der Waals surface area contributed by atoms with Crippen molar-refractivity contribution < 1.29 is 14.3 Å². The van der Waals surface area contributed by atoms with E-state index in [-0.39, 0.29) is 12.5 Å². The van der Waals surface area contributed by atoms with E-state index in [0.717, 1.165) is 28.3 Å². The first kappa shape index (κ1) is 15.9. The maximum absolute atomic E-state index is 11.9. The van der Waals surface area contributed by atoms with E-state index in [4.69, 9.17) is 9.47 Å². The Morgan fingerprint density at radius 2 is 1.42 bits per heavy atom. The SMILES string of the molecule is COC(=O)Cn1c(-c2ccccc2)ccc1-c1ccc(OC)cc1. The summed E-state index contributed by atoms with van der Waals surface area (Å²) in [5, 5.41) is 0. The van der Waals surface area contributed by atoms with Gasteiger partial charge in [-0.25, -0.2) is 0 Å². The van der Waals surface area contributed by atoms with Crippen LogP contribution in [0.1, 0.15) is 0 Å². The number of methoxy groups -OCH3 is 2. The van der Waals surface area contributed by atoms with Crippen LogP contribution in [0.25, 0.3) is 22.5 Å². The zero-order chi connectivity index (χ0) is 16.9. The summed E-state index contributed by atoms with van der Waals surface area (Å²) in [6.07, 6.45) is 0. The van der Waals surface area contributed by atoms with Crippen molar-refractivity contribution in [3.8, 4) is 28.3 Å². The van der Waals surface area contributed by atoms with Crippen LogP contribution in [-0.4, -0.2) is 24.8 Å². The zero-order valence-electron chi connectivity index (χ0n) is 13.7. The maximum atomic E-state index is 11.9. The summed E-state index contributed by atoms with van der Waals surface area (Å²) in [5.41, 5.74) is 4.01. The Morgan fingerprint density at radius 1 is 0.833 bits per heavy atom. The van der Waals surface area contributed by atoms with E-state index >= 15 is 0 Å². The largest absolute Gasteiger partial charge is 0.497 e. The molecule has 0 N–H and O–H groups in total. The van der Waals surface area contributed by atoms with Gasteiger partial charge in [0.05, 0.1) is 14.2 Å². The highest BCUT2D eigenvalue weighted by Crippen LogP contribution is 2.30. The van der Waals surface area contributed by atoms with Crippen LogP contribution in [0.4, 0.5) is 0 Å². The summed E-state index contributed by atoms with van der Waals surface area (Å²) in [7, 11) is 3.05. The van der Waals surface area contributed by atoms with Gasteiger partial charge in [-0.2, -0.15) is 0 Å². The molecule has 0 bridgehead atoms. The number of nitrogens with zero attached hydrogens (tertiary/aromatic N) is 1. The van der Waals surface area contributed by atoms with Gasteiger partial charge in [0, 0.05) is 11.4 Å². The molecule has 2 aromatic carbocycles. The molecule has 0 fully saturated rings. The summed E-state index contributed by atoms with van der Waals surface area (Å²) < 4.78 is 12.0. The lowest BCUT2D eigenvalue weighted by Crippen LogP contribution is -2.13. The highest BCUT2D eigenvalue weighted by Gasteiger charge is 2.14. The Balaban J connectivity index is 2.08. The molecule has 0 spiro atoms. The van der Waals surface area contributed by atoms with E-state index < -0.39 is 0 Å². The third-order valence-electron chi connectivity index (χ3n) is 3.95. The molecule has 0 unspecified atom stereocenters. The molecule has 1 aromatic heterocycles. The monoisotopic (exact) mass is 321 g/mol. The zero-order valence-corrected chi connectivity index (χ0v) is 13.7. The summed E-state index contributed by atoms with van der Waals surface area (Å²) in [6, 6.07) is 21.8. The fourth-order valence-corrected chi connectivity index (χ4v) is 2.71. The van der Waals surface area contributed by atoms with Crippen LogP contribution in [-0.2, 0) is 16.1 Å². The second-order valence-electron chi connectivity index (χ2n) is 5.36. The topological polar surface area (TPSA) is 40.5 Å². The van der Waals surface area contributed by atoms with Crippen molar-refractivity contribution in [2.45, 2.75) is 6.54 Å². The van der Waals surface area contributed by atoms with Crippen LogP contribution in [0, 0.1) is 0 Å². The number of hydrogen-bond acceptors (Lipinski definition) is 3. The third-order valence-corrected chi connectivity index (χ3v) is 3.95. The predicted octanol–water partition coefficient (Wildman–Crippen LogP) is 4.00. The first-order chi connectivity index (χ1) is 11.7. The van der Waals surface area contributed by atoms with Gasteiger partial charge >= 0.3 is 5.97 Å². The van der Waals surface area contributed by atoms with Gasteiger partial charge in [-0.15, -0.1) is 0 Å². The quantitative estimate of drug-likeness (QED) is 0.667. The summed E-state index contributed by atoms with van der Waals surface area (Å²) in [5.74, 6) is 0.520. The normalized spacial score (nSPS) is 10.4. The number of ether oxygens (including phenoxy) is 2. The molecule has 0 amide bonds. The molecule has 0 saturated carbocycles. The van der Waals surface area contributed by atoms with E-state index in [1.165, 1.54) is 7.11 Å². The average molecular weight is 321 g/mol. The molecular formula is C20H19NO3. The molecule has 0 aliphatic carbocycles. The molecule has 1 heterocycles. The minimum atomic E-state index is -0.279. The van der Waals surface area contributed by atoms with E-state index in [0.29, 0.717) is 0 Å². The number of benzene rings is 2. The van der Waals surface area contributed by atoms with Crippen molar-refractivity contribution >= 4 is 5.97 Å². The van der Waals surface area contributed by atoms with Crippen LogP contribution in [0.3, 0.4) is 0 Å². The molecule has 3 aromatic rings. The highest BCUT2D eigenvalue weighted by molar-refractivity contribution is 5.75. The summed E-state index contributed by atoms with van der Waals surface area (Å²) in [4.78, 5) is 11.9. The van der Waals surface area contributed by atoms with Crippen LogP contribution >= 0.6 is 0 Å². The number of carbonyl (C=O) groups excluding carboxylic acids is 1. The fraction of sp³-hybridized carbons (Fsp3) is 0.150. The molecule has 0 aliphatic rings. The second kappa shape index (κ2) is 7.04. The molecular weight excluding hydrogens is 302 g/mol. The Hall–Kier alpha value is -3.01. The van der Waals surface area contributed by atoms with Crippen LogP contribution in [0.15, 0.2) is 66.7 Å². The van der Waals surface area contributed by atoms with Gasteiger partial charge in [0.25, 0.3) is 0 Å². The molecule has 0 radical (unpaired) electrons. The third kappa shape index (κ3) is 3.18. The lowest BCUT2D eigenvalue weighted by atomic mass is 10.1. The lowest BCUT2D eigenvalue weighted by molar-refractivity contribution is -0.141. The lowest BCUT2D eigenvalue weighted by Gasteiger charge is -2.13. The Morgan fingerprint density at radius 3 is 1.96 bits per heavy atom. The van der Waals surface area contributed by atoms with Crippen LogP contribution in [0.2, 0.25) is 0 Å². The summed E-state index contributed by atoms with van der Waals surface area (Å²) in [6.45, 7) is 0.162. The van der Waals surface area contributed by atoms with E-state index in [2.05, 4.69) is 0 Å². The van der Waals surface area contributed by atoms with Gasteiger partial charge in [-0.05, 0) is 47.5 Å². The molecule has 122 valence electrons. The maximum Gasteiger partial charge on any atom is 0.325 e. The average Bonchev–Trinajstić information content (AvgIpc) is 3.05. The number of esters is 1. The first-order valence-electron chi connectivity index (χ1n) is 7.69. The van der Waals surface area contributed by atoms with Crippen molar-refractivity contribution in [3.63, 3.8) is 0 Å². The van der Waals surface area contributed by atoms with Crippen molar-refractivity contribution in [2.75, 3.05) is 14.2 Å². The summed E-state index contributed by atoms with van der Waals surface area (Å²) >= 11 is 0. The number of carbonyl (C=O) groups is 1. The Bertz CT molecular complexity index is 820. The molecule has 4 nitrogen and oxygen atoms in total. The predicted molar refractivity (Wildman–Crippen MR) is 93.9 cm³/mol. The molecule has 0 saturated heterocycles. The van der Waals surface area contributed by atoms with Gasteiger partial charge < -0.3 is 14.0 Å². The van der Waals surface area contributed by atoms with Crippen LogP contribution < -0.4 is 4.74 Å². The van der Waals surface area contributed by atoms with Gasteiger partial charge in [0.15, 0.2) is 0 Å². The first-order valence-corrected chi connectivity index (χ1v) is 7.69. The Labute approximate surface area is 141 Å². The smallest absolute Gasteiger partial charge is 0.325 e. The molecule has 24 heavy (non-hydrogen) atoms. The molecule has 0 atom stereocenters. The van der Waals surface area contributed by atoms with Gasteiger partial charge in [0.2, 0.25) is 0 Å². The van der Waals surface area contributed by atoms with Crippen LogP contribution in [0.5, 0.6) is 5.75 Å². The van der Waals surface area contributed by atoms with Crippen molar-refractivity contribution in [1.29, 1.82) is 0 Å². The molecule has 0 aliphatic heterocycles. The van der Waals surface area contributed by atoms with E-state index in [1.54, 1.807) is 7.11 Å². The second-order valence-corrected chi connectivity index (χ2v) is 5.36. The fourth-order valence-electron chi connectivity index (χ4n) is 2.71. The minimum Gasteiger partial charge on any atom is -0.497 e. The Kier molecular flexibility index (Phi) is 4.66. The van der Waals surface area contributed by atoms with Gasteiger partial charge in [-0.1, -0.05) is 30.3 Å². The van der Waals surface area contributed by atoms with E-state index in [9.17, 15) is 4.79 Å². The van der Waals surface area contributed by atoms with E-state index in [1.807, 2.05) is 71.3 Å². The minimum absolute atomic E-state index is 0.162. The van der Waals surface area contributed by atoms with Gasteiger partial charge in [0.1, 0.15) is 12.3 Å². The van der Waals surface area contributed by atoms with Crippen molar-refractivity contribution in [2.24, 2.45) is 0 Å². The number of aromatic nitrogens is 1.